The highest BCUT2D eigenvalue weighted by Crippen LogP contribution is 2.15. The Bertz CT molecular complexity index is 560. The van der Waals surface area contributed by atoms with Crippen molar-refractivity contribution >= 4 is 10.0 Å². The molecule has 1 aromatic carbocycles. The Morgan fingerprint density at radius 1 is 1.38 bits per heavy atom. The van der Waals surface area contributed by atoms with E-state index in [0.29, 0.717) is 18.0 Å². The molecule has 2 rings (SSSR count). The van der Waals surface area contributed by atoms with Crippen LogP contribution >= 0.6 is 0 Å². The van der Waals surface area contributed by atoms with Crippen LogP contribution in [-0.2, 0) is 22.4 Å². The lowest BCUT2D eigenvalue weighted by molar-refractivity contribution is 0.211. The second kappa shape index (κ2) is 7.35. The number of aliphatic hydroxyl groups excluding tert-OH is 1. The molecule has 1 atom stereocenters. The van der Waals surface area contributed by atoms with Gasteiger partial charge in [-0.15, -0.1) is 0 Å². The zero-order chi connectivity index (χ0) is 15.3. The van der Waals surface area contributed by atoms with E-state index < -0.39 is 10.0 Å². The lowest BCUT2D eigenvalue weighted by Gasteiger charge is -2.29. The van der Waals surface area contributed by atoms with Gasteiger partial charge in [0.15, 0.2) is 0 Å². The van der Waals surface area contributed by atoms with Crippen LogP contribution in [0.1, 0.15) is 24.0 Å². The quantitative estimate of drug-likeness (QED) is 0.820. The van der Waals surface area contributed by atoms with Crippen LogP contribution in [0.4, 0.5) is 0 Å². The smallest absolute Gasteiger partial charge is 0.215 e. The van der Waals surface area contributed by atoms with E-state index in [1.165, 1.54) is 0 Å². The SMILES string of the molecule is CN1CCCC(CNS(=O)(=O)Cc2cccc(CO)c2)C1. The number of piperidine rings is 1. The molecule has 0 bridgehead atoms. The van der Waals surface area contributed by atoms with Gasteiger partial charge in [-0.05, 0) is 43.5 Å². The van der Waals surface area contributed by atoms with Gasteiger partial charge in [-0.2, -0.15) is 0 Å². The maximum Gasteiger partial charge on any atom is 0.215 e. The Kier molecular flexibility index (Phi) is 5.75. The van der Waals surface area contributed by atoms with Gasteiger partial charge in [0.2, 0.25) is 10.0 Å². The third-order valence-corrected chi connectivity index (χ3v) is 5.16. The topological polar surface area (TPSA) is 69.6 Å². The monoisotopic (exact) mass is 312 g/mol. The molecule has 0 radical (unpaired) electrons. The molecule has 21 heavy (non-hydrogen) atoms. The van der Waals surface area contributed by atoms with E-state index in [0.717, 1.165) is 31.5 Å². The predicted octanol–water partition coefficient (Wildman–Crippen LogP) is 0.940. The van der Waals surface area contributed by atoms with Gasteiger partial charge in [0.25, 0.3) is 0 Å². The van der Waals surface area contributed by atoms with E-state index >= 15 is 0 Å². The Morgan fingerprint density at radius 3 is 2.86 bits per heavy atom. The molecule has 2 N–H and O–H groups in total. The molecule has 0 saturated carbocycles. The van der Waals surface area contributed by atoms with Gasteiger partial charge in [0, 0.05) is 13.1 Å². The Labute approximate surface area is 127 Å². The van der Waals surface area contributed by atoms with E-state index in [9.17, 15) is 8.42 Å². The Morgan fingerprint density at radius 2 is 2.14 bits per heavy atom. The van der Waals surface area contributed by atoms with Crippen LogP contribution in [-0.4, -0.2) is 45.1 Å². The maximum atomic E-state index is 12.1. The van der Waals surface area contributed by atoms with Gasteiger partial charge >= 0.3 is 0 Å². The van der Waals surface area contributed by atoms with Crippen molar-refractivity contribution < 1.29 is 13.5 Å². The van der Waals surface area contributed by atoms with Crippen LogP contribution in [0.2, 0.25) is 0 Å². The minimum atomic E-state index is -3.33. The standard InChI is InChI=1S/C15H24N2O3S/c1-17-7-3-6-15(10-17)9-16-21(19,20)12-14-5-2-4-13(8-14)11-18/h2,4-5,8,15-16,18H,3,6-7,9-12H2,1H3. The first-order chi connectivity index (χ1) is 9.98. The molecule has 1 aromatic rings. The molecular formula is C15H24N2O3S. The molecule has 1 aliphatic heterocycles. The van der Waals surface area contributed by atoms with Crippen LogP contribution in [0.5, 0.6) is 0 Å². The molecule has 1 fully saturated rings. The molecule has 118 valence electrons. The number of benzene rings is 1. The lowest BCUT2D eigenvalue weighted by Crippen LogP contribution is -2.39. The first kappa shape index (κ1) is 16.4. The summed E-state index contributed by atoms with van der Waals surface area (Å²) < 4.78 is 27.0. The third kappa shape index (κ3) is 5.39. The zero-order valence-corrected chi connectivity index (χ0v) is 13.3. The third-order valence-electron chi connectivity index (χ3n) is 3.84. The molecule has 0 amide bonds. The molecular weight excluding hydrogens is 288 g/mol. The van der Waals surface area contributed by atoms with Crippen LogP contribution < -0.4 is 4.72 Å². The summed E-state index contributed by atoms with van der Waals surface area (Å²) in [5, 5.41) is 9.09. The number of likely N-dealkylation sites (tertiary alicyclic amines) is 1. The van der Waals surface area contributed by atoms with Crippen molar-refractivity contribution in [1.29, 1.82) is 0 Å². The fourth-order valence-electron chi connectivity index (χ4n) is 2.77. The van der Waals surface area contributed by atoms with Crippen molar-refractivity contribution in [2.24, 2.45) is 5.92 Å². The first-order valence-corrected chi connectivity index (χ1v) is 8.98. The maximum absolute atomic E-state index is 12.1. The molecule has 1 aliphatic rings. The molecule has 0 aromatic heterocycles. The van der Waals surface area contributed by atoms with E-state index in [-0.39, 0.29) is 12.4 Å². The molecule has 5 nitrogen and oxygen atoms in total. The fourth-order valence-corrected chi connectivity index (χ4v) is 3.98. The highest BCUT2D eigenvalue weighted by Gasteiger charge is 2.20. The minimum Gasteiger partial charge on any atom is -0.392 e. The molecule has 1 saturated heterocycles. The van der Waals surface area contributed by atoms with E-state index in [2.05, 4.69) is 16.7 Å². The van der Waals surface area contributed by atoms with Crippen molar-refractivity contribution in [3.8, 4) is 0 Å². The minimum absolute atomic E-state index is 0.0383. The molecule has 1 unspecified atom stereocenters. The number of hydrogen-bond donors (Lipinski definition) is 2. The molecule has 1 heterocycles. The van der Waals surface area contributed by atoms with Crippen molar-refractivity contribution in [1.82, 2.24) is 9.62 Å². The van der Waals surface area contributed by atoms with Crippen molar-refractivity contribution in [2.45, 2.75) is 25.2 Å². The Balaban J connectivity index is 1.89. The predicted molar refractivity (Wildman–Crippen MR) is 83.2 cm³/mol. The second-order valence-electron chi connectivity index (χ2n) is 5.86. The normalized spacial score (nSPS) is 20.6. The highest BCUT2D eigenvalue weighted by atomic mass is 32.2. The fraction of sp³-hybridized carbons (Fsp3) is 0.600. The largest absolute Gasteiger partial charge is 0.392 e. The van der Waals surface area contributed by atoms with Crippen LogP contribution in [0.15, 0.2) is 24.3 Å². The zero-order valence-electron chi connectivity index (χ0n) is 12.5. The van der Waals surface area contributed by atoms with Crippen LogP contribution in [0, 0.1) is 5.92 Å². The number of nitrogens with zero attached hydrogens (tertiary/aromatic N) is 1. The van der Waals surface area contributed by atoms with Crippen LogP contribution in [0.25, 0.3) is 0 Å². The number of aliphatic hydroxyl groups is 1. The van der Waals surface area contributed by atoms with E-state index in [1.54, 1.807) is 24.3 Å². The van der Waals surface area contributed by atoms with Crippen molar-refractivity contribution in [2.75, 3.05) is 26.7 Å². The van der Waals surface area contributed by atoms with Crippen molar-refractivity contribution in [3.63, 3.8) is 0 Å². The summed E-state index contributed by atoms with van der Waals surface area (Å²) in [6, 6.07) is 7.05. The average molecular weight is 312 g/mol. The van der Waals surface area contributed by atoms with Gasteiger partial charge < -0.3 is 10.0 Å². The van der Waals surface area contributed by atoms with Gasteiger partial charge in [0.05, 0.1) is 12.4 Å². The number of rotatable bonds is 6. The summed E-state index contributed by atoms with van der Waals surface area (Å²) in [5.41, 5.74) is 1.44. The van der Waals surface area contributed by atoms with E-state index in [4.69, 9.17) is 5.11 Å². The number of sulfonamides is 1. The molecule has 0 aliphatic carbocycles. The molecule has 0 spiro atoms. The van der Waals surface area contributed by atoms with Gasteiger partial charge in [0.1, 0.15) is 0 Å². The summed E-state index contributed by atoms with van der Waals surface area (Å²) in [6.45, 7) is 2.47. The summed E-state index contributed by atoms with van der Waals surface area (Å²) in [7, 11) is -1.26. The number of nitrogens with one attached hydrogen (secondary N) is 1. The summed E-state index contributed by atoms with van der Waals surface area (Å²) in [5.74, 6) is 0.353. The average Bonchev–Trinajstić information content (AvgIpc) is 2.45. The van der Waals surface area contributed by atoms with Gasteiger partial charge in [-0.1, -0.05) is 24.3 Å². The Hall–Kier alpha value is -0.950. The molecule has 6 heteroatoms. The van der Waals surface area contributed by atoms with Crippen LogP contribution in [0.3, 0.4) is 0 Å². The van der Waals surface area contributed by atoms with Crippen molar-refractivity contribution in [3.05, 3.63) is 35.4 Å². The second-order valence-corrected chi connectivity index (χ2v) is 7.66. The lowest BCUT2D eigenvalue weighted by atomic mass is 9.99. The summed E-state index contributed by atoms with van der Waals surface area (Å²) >= 11 is 0. The number of hydrogen-bond acceptors (Lipinski definition) is 4. The highest BCUT2D eigenvalue weighted by molar-refractivity contribution is 7.88. The van der Waals surface area contributed by atoms with Gasteiger partial charge in [-0.25, -0.2) is 13.1 Å². The van der Waals surface area contributed by atoms with Gasteiger partial charge in [-0.3, -0.25) is 0 Å². The first-order valence-electron chi connectivity index (χ1n) is 7.33. The summed E-state index contributed by atoms with van der Waals surface area (Å²) in [6.07, 6.45) is 2.20. The summed E-state index contributed by atoms with van der Waals surface area (Å²) in [4.78, 5) is 2.24. The van der Waals surface area contributed by atoms with E-state index in [1.807, 2.05) is 0 Å².